The molecule has 0 fully saturated rings. The molecule has 0 aliphatic carbocycles. The van der Waals surface area contributed by atoms with Crippen LogP contribution >= 0.6 is 11.3 Å². The monoisotopic (exact) mass is 306 g/mol. The minimum atomic E-state index is -3.46. The molecule has 19 heavy (non-hydrogen) atoms. The molecule has 0 saturated heterocycles. The zero-order valence-corrected chi connectivity index (χ0v) is 13.5. The second-order valence-electron chi connectivity index (χ2n) is 4.44. The van der Waals surface area contributed by atoms with Gasteiger partial charge in [0.1, 0.15) is 0 Å². The van der Waals surface area contributed by atoms with Gasteiger partial charge in [-0.05, 0) is 32.3 Å². The zero-order valence-electron chi connectivity index (χ0n) is 11.8. The summed E-state index contributed by atoms with van der Waals surface area (Å²) < 4.78 is 31.9. The van der Waals surface area contributed by atoms with Gasteiger partial charge in [-0.2, -0.15) is 4.31 Å². The Balaban J connectivity index is 3.08. The van der Waals surface area contributed by atoms with Crippen molar-refractivity contribution in [1.29, 1.82) is 0 Å². The van der Waals surface area contributed by atoms with Crippen LogP contribution in [0.2, 0.25) is 0 Å². The van der Waals surface area contributed by atoms with Crippen molar-refractivity contribution >= 4 is 21.4 Å². The maximum absolute atomic E-state index is 12.7. The Hall–Kier alpha value is -0.470. The number of hydrogen-bond acceptors (Lipinski definition) is 5. The summed E-state index contributed by atoms with van der Waals surface area (Å²) >= 11 is 1.45. The lowest BCUT2D eigenvalue weighted by Crippen LogP contribution is -2.39. The second-order valence-corrected chi connectivity index (χ2v) is 7.30. The van der Waals surface area contributed by atoms with E-state index in [1.54, 1.807) is 20.2 Å². The van der Waals surface area contributed by atoms with Crippen molar-refractivity contribution in [2.24, 2.45) is 0 Å². The predicted molar refractivity (Wildman–Crippen MR) is 78.0 cm³/mol. The fraction of sp³-hybridized carbons (Fsp3) is 0.667. The van der Waals surface area contributed by atoms with Crippen LogP contribution in [0.5, 0.6) is 0 Å². The van der Waals surface area contributed by atoms with Gasteiger partial charge >= 0.3 is 0 Å². The number of sulfonamides is 1. The molecule has 0 radical (unpaired) electrons. The fourth-order valence-corrected chi connectivity index (χ4v) is 4.86. The van der Waals surface area contributed by atoms with Crippen LogP contribution in [0, 0.1) is 0 Å². The number of nitrogens with zero attached hydrogens (tertiary/aromatic N) is 1. The Bertz CT molecular complexity index is 483. The first-order chi connectivity index (χ1) is 8.95. The number of hydrogen-bond donors (Lipinski definition) is 1. The molecule has 1 rings (SSSR count). The molecular weight excluding hydrogens is 284 g/mol. The molecule has 1 aromatic rings. The van der Waals surface area contributed by atoms with E-state index in [0.29, 0.717) is 24.6 Å². The number of ether oxygens (including phenoxy) is 1. The van der Waals surface area contributed by atoms with Crippen molar-refractivity contribution in [3.8, 4) is 0 Å². The summed E-state index contributed by atoms with van der Waals surface area (Å²) in [4.78, 5) is 1.24. The molecule has 0 atom stereocenters. The van der Waals surface area contributed by atoms with Gasteiger partial charge in [-0.25, -0.2) is 8.42 Å². The molecule has 1 heterocycles. The summed E-state index contributed by atoms with van der Waals surface area (Å²) in [6, 6.07) is 1.58. The van der Waals surface area contributed by atoms with Crippen LogP contribution in [0.4, 0.5) is 0 Å². The summed E-state index contributed by atoms with van der Waals surface area (Å²) in [5.74, 6) is 0. The van der Waals surface area contributed by atoms with Crippen LogP contribution in [0.1, 0.15) is 18.7 Å². The minimum absolute atomic E-state index is 0.0949. The van der Waals surface area contributed by atoms with Gasteiger partial charge in [-0.15, -0.1) is 11.3 Å². The van der Waals surface area contributed by atoms with Crippen LogP contribution in [-0.2, 0) is 21.3 Å². The Labute approximate surface area is 119 Å². The highest BCUT2D eigenvalue weighted by molar-refractivity contribution is 7.89. The van der Waals surface area contributed by atoms with Crippen molar-refractivity contribution in [3.05, 3.63) is 16.3 Å². The summed E-state index contributed by atoms with van der Waals surface area (Å²) in [5, 5.41) is 4.81. The summed E-state index contributed by atoms with van der Waals surface area (Å²) in [5.41, 5.74) is 0. The lowest BCUT2D eigenvalue weighted by molar-refractivity contribution is 0.171. The standard InChI is InChI=1S/C12H22N2O3S2/c1-10(2)14(6-7-17-4)19(15,16)12-5-8-18-11(12)9-13-3/h5,8,10,13H,6-7,9H2,1-4H3. The van der Waals surface area contributed by atoms with Gasteiger partial charge < -0.3 is 10.1 Å². The van der Waals surface area contributed by atoms with Crippen LogP contribution in [0.3, 0.4) is 0 Å². The average Bonchev–Trinajstić information content (AvgIpc) is 2.78. The van der Waals surface area contributed by atoms with Gasteiger partial charge in [0.15, 0.2) is 0 Å². The smallest absolute Gasteiger partial charge is 0.244 e. The van der Waals surface area contributed by atoms with Crippen LogP contribution < -0.4 is 5.32 Å². The van der Waals surface area contributed by atoms with Crippen molar-refractivity contribution < 1.29 is 13.2 Å². The van der Waals surface area contributed by atoms with Gasteiger partial charge in [-0.3, -0.25) is 0 Å². The van der Waals surface area contributed by atoms with E-state index in [-0.39, 0.29) is 6.04 Å². The van der Waals surface area contributed by atoms with E-state index in [4.69, 9.17) is 4.74 Å². The molecule has 0 saturated carbocycles. The quantitative estimate of drug-likeness (QED) is 0.791. The maximum atomic E-state index is 12.7. The fourth-order valence-electron chi connectivity index (χ4n) is 1.81. The second kappa shape index (κ2) is 7.35. The van der Waals surface area contributed by atoms with E-state index < -0.39 is 10.0 Å². The third-order valence-corrected chi connectivity index (χ3v) is 5.93. The van der Waals surface area contributed by atoms with E-state index in [9.17, 15) is 8.42 Å². The highest BCUT2D eigenvalue weighted by Gasteiger charge is 2.29. The number of rotatable bonds is 8. The summed E-state index contributed by atoms with van der Waals surface area (Å²) in [6.07, 6.45) is 0. The van der Waals surface area contributed by atoms with E-state index in [1.165, 1.54) is 15.6 Å². The van der Waals surface area contributed by atoms with Crippen LogP contribution in [0.15, 0.2) is 16.3 Å². The molecule has 0 aromatic carbocycles. The lowest BCUT2D eigenvalue weighted by atomic mass is 10.4. The van der Waals surface area contributed by atoms with E-state index in [2.05, 4.69) is 5.32 Å². The first-order valence-corrected chi connectivity index (χ1v) is 8.48. The molecule has 7 heteroatoms. The van der Waals surface area contributed by atoms with Crippen molar-refractivity contribution in [2.45, 2.75) is 31.3 Å². The first kappa shape index (κ1) is 16.6. The average molecular weight is 306 g/mol. The molecule has 0 aliphatic rings. The number of thiophene rings is 1. The normalized spacial score (nSPS) is 12.5. The van der Waals surface area contributed by atoms with Crippen molar-refractivity contribution in [2.75, 3.05) is 27.3 Å². The van der Waals surface area contributed by atoms with Gasteiger partial charge in [-0.1, -0.05) is 0 Å². The topological polar surface area (TPSA) is 58.6 Å². The maximum Gasteiger partial charge on any atom is 0.244 e. The van der Waals surface area contributed by atoms with Gasteiger partial charge in [0.2, 0.25) is 10.0 Å². The van der Waals surface area contributed by atoms with Crippen molar-refractivity contribution in [1.82, 2.24) is 9.62 Å². The Morgan fingerprint density at radius 1 is 1.47 bits per heavy atom. The molecule has 0 amide bonds. The third-order valence-electron chi connectivity index (χ3n) is 2.72. The lowest BCUT2D eigenvalue weighted by Gasteiger charge is -2.25. The Morgan fingerprint density at radius 2 is 2.16 bits per heavy atom. The van der Waals surface area contributed by atoms with Gasteiger partial charge in [0, 0.05) is 31.1 Å². The molecular formula is C12H22N2O3S2. The molecule has 0 spiro atoms. The van der Waals surface area contributed by atoms with Gasteiger partial charge in [0.05, 0.1) is 11.5 Å². The van der Waals surface area contributed by atoms with E-state index >= 15 is 0 Å². The SMILES string of the molecule is CNCc1sccc1S(=O)(=O)N(CCOC)C(C)C. The van der Waals surface area contributed by atoms with Crippen LogP contribution in [0.25, 0.3) is 0 Å². The van der Waals surface area contributed by atoms with Gasteiger partial charge in [0.25, 0.3) is 0 Å². The van der Waals surface area contributed by atoms with E-state index in [0.717, 1.165) is 4.88 Å². The zero-order chi connectivity index (χ0) is 14.5. The largest absolute Gasteiger partial charge is 0.383 e. The Kier molecular flexibility index (Phi) is 6.41. The molecule has 0 bridgehead atoms. The summed E-state index contributed by atoms with van der Waals surface area (Å²) in [6.45, 7) is 5.06. The molecule has 0 unspecified atom stereocenters. The minimum Gasteiger partial charge on any atom is -0.383 e. The van der Waals surface area contributed by atoms with Crippen molar-refractivity contribution in [3.63, 3.8) is 0 Å². The highest BCUT2D eigenvalue weighted by Crippen LogP contribution is 2.26. The molecule has 1 N–H and O–H groups in total. The number of methoxy groups -OCH3 is 1. The molecule has 1 aromatic heterocycles. The van der Waals surface area contributed by atoms with Crippen LogP contribution in [-0.4, -0.2) is 46.1 Å². The number of nitrogens with one attached hydrogen (secondary N) is 1. The molecule has 5 nitrogen and oxygen atoms in total. The molecule has 0 aliphatic heterocycles. The molecule has 110 valence electrons. The highest BCUT2D eigenvalue weighted by atomic mass is 32.2. The first-order valence-electron chi connectivity index (χ1n) is 6.17. The van der Waals surface area contributed by atoms with E-state index in [1.807, 2.05) is 19.2 Å². The third kappa shape index (κ3) is 4.00. The Morgan fingerprint density at radius 3 is 2.68 bits per heavy atom. The summed E-state index contributed by atoms with van der Waals surface area (Å²) in [7, 11) is -0.0800. The predicted octanol–water partition coefficient (Wildman–Crippen LogP) is 1.51.